The fourth-order valence-electron chi connectivity index (χ4n) is 6.72. The van der Waals surface area contributed by atoms with E-state index in [4.69, 9.17) is 14.2 Å². The lowest BCUT2D eigenvalue weighted by Gasteiger charge is -2.45. The Morgan fingerprint density at radius 3 is 2.38 bits per heavy atom. The number of hydrogen-bond acceptors (Lipinski definition) is 9. The van der Waals surface area contributed by atoms with Gasteiger partial charge in [0.15, 0.2) is 6.29 Å². The normalized spacial score (nSPS) is 22.2. The van der Waals surface area contributed by atoms with E-state index >= 15 is 0 Å². The molecule has 0 aliphatic carbocycles. The molecule has 3 atom stereocenters. The van der Waals surface area contributed by atoms with E-state index in [1.165, 1.54) is 0 Å². The minimum Gasteiger partial charge on any atom is -0.465 e. The number of likely N-dealkylation sites (tertiary alicyclic amines) is 1. The van der Waals surface area contributed by atoms with E-state index in [2.05, 4.69) is 37.9 Å². The number of aliphatic hydroxyl groups excluding tert-OH is 1. The van der Waals surface area contributed by atoms with Crippen LogP contribution in [0.2, 0.25) is 0 Å². The molecule has 0 saturated carbocycles. The summed E-state index contributed by atoms with van der Waals surface area (Å²) in [7, 11) is 0. The molecule has 4 N–H and O–H groups in total. The number of rotatable bonds is 10. The number of nitrogens with one attached hydrogen (secondary N) is 3. The smallest absolute Gasteiger partial charge is 0.325 e. The molecule has 6 rings (SSSR count). The third-order valence-corrected chi connectivity index (χ3v) is 9.30. The highest BCUT2D eigenvalue weighted by Gasteiger charge is 2.50. The van der Waals surface area contributed by atoms with Gasteiger partial charge < -0.3 is 45.1 Å². The summed E-state index contributed by atoms with van der Waals surface area (Å²) in [5.41, 5.74) is 3.67. The molecule has 0 aromatic heterocycles. The number of anilines is 2. The summed E-state index contributed by atoms with van der Waals surface area (Å²) >= 11 is 0. The highest BCUT2D eigenvalue weighted by Crippen LogP contribution is 2.40. The summed E-state index contributed by atoms with van der Waals surface area (Å²) in [5.74, 6) is -0.416. The quantitative estimate of drug-likeness (QED) is 0.240. The molecule has 3 heterocycles. The van der Waals surface area contributed by atoms with Crippen molar-refractivity contribution in [2.24, 2.45) is 0 Å². The second-order valence-corrected chi connectivity index (χ2v) is 12.3. The minimum absolute atomic E-state index is 0.0302. The van der Waals surface area contributed by atoms with Crippen LogP contribution in [0.1, 0.15) is 55.3 Å². The Bertz CT molecular complexity index is 1550. The average molecular weight is 658 g/mol. The summed E-state index contributed by atoms with van der Waals surface area (Å²) in [6.45, 7) is 4.42. The molecule has 3 aliphatic heterocycles. The Morgan fingerprint density at radius 2 is 1.69 bits per heavy atom. The number of amides is 3. The fraction of sp³-hybridized carbons (Fsp3) is 0.417. The number of benzene rings is 3. The van der Waals surface area contributed by atoms with E-state index in [1.54, 1.807) is 19.1 Å². The van der Waals surface area contributed by atoms with Gasteiger partial charge in [-0.1, -0.05) is 54.6 Å². The van der Waals surface area contributed by atoms with Gasteiger partial charge >= 0.3 is 12.0 Å². The second kappa shape index (κ2) is 15.2. The lowest BCUT2D eigenvalue weighted by Crippen LogP contribution is -2.57. The van der Waals surface area contributed by atoms with E-state index in [0.717, 1.165) is 35.5 Å². The van der Waals surface area contributed by atoms with Crippen molar-refractivity contribution in [1.82, 2.24) is 15.5 Å². The molecule has 3 aliphatic rings. The highest BCUT2D eigenvalue weighted by atomic mass is 16.7. The molecule has 12 heteroatoms. The van der Waals surface area contributed by atoms with Gasteiger partial charge in [-0.25, -0.2) is 4.79 Å². The van der Waals surface area contributed by atoms with E-state index in [1.807, 2.05) is 54.6 Å². The second-order valence-electron chi connectivity index (χ2n) is 12.3. The number of piperidine rings is 1. The van der Waals surface area contributed by atoms with Crippen LogP contribution in [0.3, 0.4) is 0 Å². The Morgan fingerprint density at radius 1 is 0.979 bits per heavy atom. The number of carbonyl (C=O) groups is 3. The van der Waals surface area contributed by atoms with Crippen molar-refractivity contribution in [3.63, 3.8) is 0 Å². The van der Waals surface area contributed by atoms with Gasteiger partial charge in [-0.05, 0) is 55.2 Å². The molecule has 3 unspecified atom stereocenters. The van der Waals surface area contributed by atoms with Crippen molar-refractivity contribution in [1.29, 1.82) is 0 Å². The maximum absolute atomic E-state index is 13.2. The predicted octanol–water partition coefficient (Wildman–Crippen LogP) is 3.84. The number of esters is 1. The molecule has 3 amide bonds. The van der Waals surface area contributed by atoms with E-state index < -0.39 is 23.8 Å². The van der Waals surface area contributed by atoms with Crippen molar-refractivity contribution in [3.8, 4) is 0 Å². The number of hydrogen-bond donors (Lipinski definition) is 4. The van der Waals surface area contributed by atoms with Gasteiger partial charge in [0.1, 0.15) is 12.1 Å². The summed E-state index contributed by atoms with van der Waals surface area (Å²) in [5, 5.41) is 17.8. The Balaban J connectivity index is 1.12. The molecule has 3 fully saturated rings. The van der Waals surface area contributed by atoms with Gasteiger partial charge in [0, 0.05) is 43.0 Å². The standard InChI is InChI=1S/C36H43N5O7/c1-2-46-32(43)21-37-35(45)39-28-14-12-27(13-15-28)33-47-30(20-31(48-33)26-10-8-25(23-42)9-11-26)22-40-18-16-36(17-19-40)34(44)38-24-41(36)29-6-4-3-5-7-29/h3-15,30-31,33,42H,2,16-24H2,1H3,(H,38,44)(H2,37,39,45). The monoisotopic (exact) mass is 657 g/mol. The number of urea groups is 1. The van der Waals surface area contributed by atoms with Gasteiger partial charge in [-0.2, -0.15) is 0 Å². The molecule has 3 aromatic carbocycles. The summed E-state index contributed by atoms with van der Waals surface area (Å²) in [4.78, 5) is 41.6. The van der Waals surface area contributed by atoms with Crippen molar-refractivity contribution in [2.45, 2.75) is 56.8 Å². The fourth-order valence-corrected chi connectivity index (χ4v) is 6.72. The molecule has 3 aromatic rings. The predicted molar refractivity (Wildman–Crippen MR) is 179 cm³/mol. The van der Waals surface area contributed by atoms with Crippen LogP contribution < -0.4 is 20.9 Å². The van der Waals surface area contributed by atoms with Crippen LogP contribution in [0.15, 0.2) is 78.9 Å². The van der Waals surface area contributed by atoms with Crippen LogP contribution >= 0.6 is 0 Å². The van der Waals surface area contributed by atoms with Crippen LogP contribution in [0.4, 0.5) is 16.2 Å². The number of aliphatic hydroxyl groups is 1. The summed E-state index contributed by atoms with van der Waals surface area (Å²) in [6.07, 6.45) is 1.05. The molecular formula is C36H43N5O7. The van der Waals surface area contributed by atoms with Crippen LogP contribution in [0.5, 0.6) is 0 Å². The minimum atomic E-state index is -0.650. The SMILES string of the molecule is CCOC(=O)CNC(=O)Nc1ccc(C2OC(CN3CCC4(CC3)C(=O)NCN4c3ccccc3)CC(c3ccc(CO)cc3)O2)cc1. The van der Waals surface area contributed by atoms with E-state index in [0.29, 0.717) is 38.2 Å². The third kappa shape index (κ3) is 7.63. The van der Waals surface area contributed by atoms with Gasteiger partial charge in [0.2, 0.25) is 5.91 Å². The Kier molecular flexibility index (Phi) is 10.6. The van der Waals surface area contributed by atoms with Crippen LogP contribution in [0, 0.1) is 0 Å². The number of ether oxygens (including phenoxy) is 3. The molecule has 3 saturated heterocycles. The molecule has 1 spiro atoms. The molecule has 48 heavy (non-hydrogen) atoms. The van der Waals surface area contributed by atoms with Crippen LogP contribution in [-0.2, 0) is 30.4 Å². The molecule has 0 radical (unpaired) electrons. The van der Waals surface area contributed by atoms with Crippen molar-refractivity contribution >= 4 is 29.3 Å². The van der Waals surface area contributed by atoms with Gasteiger partial charge in [-0.3, -0.25) is 9.59 Å². The molecule has 0 bridgehead atoms. The maximum atomic E-state index is 13.2. The topological polar surface area (TPSA) is 142 Å². The highest BCUT2D eigenvalue weighted by molar-refractivity contribution is 5.93. The van der Waals surface area contributed by atoms with Crippen molar-refractivity contribution in [2.75, 3.05) is 49.7 Å². The van der Waals surface area contributed by atoms with Gasteiger partial charge in [0.05, 0.1) is 32.1 Å². The number of carbonyl (C=O) groups excluding carboxylic acids is 3. The molecular weight excluding hydrogens is 614 g/mol. The largest absolute Gasteiger partial charge is 0.465 e. The van der Waals surface area contributed by atoms with E-state index in [-0.39, 0.29) is 37.9 Å². The first-order valence-corrected chi connectivity index (χ1v) is 16.5. The number of nitrogens with zero attached hydrogens (tertiary/aromatic N) is 2. The third-order valence-electron chi connectivity index (χ3n) is 9.30. The lowest BCUT2D eigenvalue weighted by atomic mass is 9.85. The maximum Gasteiger partial charge on any atom is 0.325 e. The zero-order valence-corrected chi connectivity index (χ0v) is 27.1. The van der Waals surface area contributed by atoms with E-state index in [9.17, 15) is 19.5 Å². The van der Waals surface area contributed by atoms with Gasteiger partial charge in [0.25, 0.3) is 0 Å². The summed E-state index contributed by atoms with van der Waals surface area (Å²) < 4.78 is 17.9. The number of para-hydroxylation sites is 1. The first kappa shape index (κ1) is 33.4. The lowest BCUT2D eigenvalue weighted by molar-refractivity contribution is -0.253. The van der Waals surface area contributed by atoms with Crippen LogP contribution in [0.25, 0.3) is 0 Å². The average Bonchev–Trinajstić information content (AvgIpc) is 3.43. The zero-order valence-electron chi connectivity index (χ0n) is 27.1. The van der Waals surface area contributed by atoms with Crippen molar-refractivity contribution in [3.05, 3.63) is 95.6 Å². The summed E-state index contributed by atoms with van der Waals surface area (Å²) in [6, 6.07) is 24.6. The first-order chi connectivity index (χ1) is 23.4. The molecule has 12 nitrogen and oxygen atoms in total. The van der Waals surface area contributed by atoms with Gasteiger partial charge in [-0.15, -0.1) is 0 Å². The first-order valence-electron chi connectivity index (χ1n) is 16.5. The van der Waals surface area contributed by atoms with Crippen LogP contribution in [-0.4, -0.2) is 79.0 Å². The zero-order chi connectivity index (χ0) is 33.5. The Labute approximate surface area is 280 Å². The molecule has 254 valence electrons. The Hall–Kier alpha value is -4.49. The van der Waals surface area contributed by atoms with Crippen molar-refractivity contribution < 1.29 is 33.7 Å².